The summed E-state index contributed by atoms with van der Waals surface area (Å²) < 4.78 is 13.5. The highest BCUT2D eigenvalue weighted by molar-refractivity contribution is 5.97. The number of rotatable bonds is 4. The minimum atomic E-state index is -1.13. The van der Waals surface area contributed by atoms with E-state index >= 15 is 0 Å². The standard InChI is InChI=1S/C13H16FNO3/c1-7(2)11(13(17)18)15-12(16)9-6-8(3)4-5-10(9)14/h4-7,11H,1-3H3,(H,15,16)(H,17,18). The number of carboxylic acids is 1. The van der Waals surface area contributed by atoms with Crippen LogP contribution in [0.3, 0.4) is 0 Å². The van der Waals surface area contributed by atoms with Crippen LogP contribution in [0.15, 0.2) is 18.2 Å². The molecule has 0 aliphatic rings. The molecule has 0 aliphatic heterocycles. The van der Waals surface area contributed by atoms with Gasteiger partial charge in [-0.1, -0.05) is 25.5 Å². The van der Waals surface area contributed by atoms with Crippen molar-refractivity contribution in [3.63, 3.8) is 0 Å². The Labute approximate surface area is 105 Å². The summed E-state index contributed by atoms with van der Waals surface area (Å²) in [5.41, 5.74) is 0.597. The molecule has 1 amide bonds. The number of carboxylic acid groups (broad SMARTS) is 1. The van der Waals surface area contributed by atoms with Gasteiger partial charge >= 0.3 is 5.97 Å². The maximum Gasteiger partial charge on any atom is 0.326 e. The fraction of sp³-hybridized carbons (Fsp3) is 0.385. The van der Waals surface area contributed by atoms with Crippen molar-refractivity contribution >= 4 is 11.9 Å². The lowest BCUT2D eigenvalue weighted by Gasteiger charge is -2.18. The van der Waals surface area contributed by atoms with Gasteiger partial charge in [0.25, 0.3) is 5.91 Å². The zero-order chi connectivity index (χ0) is 13.9. The van der Waals surface area contributed by atoms with E-state index in [1.165, 1.54) is 12.1 Å². The van der Waals surface area contributed by atoms with Crippen LogP contribution < -0.4 is 5.32 Å². The Morgan fingerprint density at radius 1 is 1.33 bits per heavy atom. The fourth-order valence-corrected chi connectivity index (χ4v) is 1.55. The molecule has 2 N–H and O–H groups in total. The van der Waals surface area contributed by atoms with E-state index in [1.807, 2.05) is 0 Å². The first-order valence-electron chi connectivity index (χ1n) is 5.62. The monoisotopic (exact) mass is 253 g/mol. The number of halogens is 1. The summed E-state index contributed by atoms with van der Waals surface area (Å²) in [7, 11) is 0. The third-order valence-corrected chi connectivity index (χ3v) is 2.59. The molecule has 0 saturated carbocycles. The van der Waals surface area contributed by atoms with E-state index in [1.54, 1.807) is 26.8 Å². The van der Waals surface area contributed by atoms with E-state index in [0.29, 0.717) is 0 Å². The number of hydrogen-bond acceptors (Lipinski definition) is 2. The molecule has 18 heavy (non-hydrogen) atoms. The van der Waals surface area contributed by atoms with Crippen molar-refractivity contribution in [1.82, 2.24) is 5.32 Å². The molecule has 0 fully saturated rings. The maximum absolute atomic E-state index is 13.5. The third kappa shape index (κ3) is 3.29. The highest BCUT2D eigenvalue weighted by Gasteiger charge is 2.25. The predicted molar refractivity (Wildman–Crippen MR) is 64.9 cm³/mol. The number of amides is 1. The van der Waals surface area contributed by atoms with Crippen LogP contribution in [0.25, 0.3) is 0 Å². The van der Waals surface area contributed by atoms with Crippen molar-refractivity contribution < 1.29 is 19.1 Å². The van der Waals surface area contributed by atoms with Crippen LogP contribution in [0.1, 0.15) is 29.8 Å². The summed E-state index contributed by atoms with van der Waals surface area (Å²) >= 11 is 0. The second kappa shape index (κ2) is 5.62. The summed E-state index contributed by atoms with van der Waals surface area (Å²) in [4.78, 5) is 22.8. The van der Waals surface area contributed by atoms with Gasteiger partial charge in [0.2, 0.25) is 0 Å². The van der Waals surface area contributed by atoms with Crippen molar-refractivity contribution in [2.75, 3.05) is 0 Å². The smallest absolute Gasteiger partial charge is 0.326 e. The Balaban J connectivity index is 2.94. The zero-order valence-electron chi connectivity index (χ0n) is 10.5. The number of hydrogen-bond donors (Lipinski definition) is 2. The SMILES string of the molecule is Cc1ccc(F)c(C(=O)NC(C(=O)O)C(C)C)c1. The molecule has 5 heteroatoms. The van der Waals surface area contributed by atoms with Crippen LogP contribution in [0, 0.1) is 18.7 Å². The zero-order valence-corrected chi connectivity index (χ0v) is 10.5. The molecule has 0 radical (unpaired) electrons. The van der Waals surface area contributed by atoms with Crippen molar-refractivity contribution in [2.45, 2.75) is 26.8 Å². The first kappa shape index (κ1) is 14.2. The summed E-state index contributed by atoms with van der Waals surface area (Å²) in [5, 5.41) is 11.3. The van der Waals surface area contributed by atoms with Crippen molar-refractivity contribution in [1.29, 1.82) is 0 Å². The predicted octanol–water partition coefficient (Wildman–Crippen LogP) is 1.97. The molecule has 1 atom stereocenters. The maximum atomic E-state index is 13.5. The minimum absolute atomic E-state index is 0.137. The number of carbonyl (C=O) groups is 2. The van der Waals surface area contributed by atoms with Gasteiger partial charge in [0.05, 0.1) is 5.56 Å². The number of carbonyl (C=O) groups excluding carboxylic acids is 1. The molecule has 1 aromatic carbocycles. The largest absolute Gasteiger partial charge is 0.480 e. The van der Waals surface area contributed by atoms with Crippen molar-refractivity contribution in [2.24, 2.45) is 5.92 Å². The van der Waals surface area contributed by atoms with E-state index in [0.717, 1.165) is 5.56 Å². The van der Waals surface area contributed by atoms with Crippen LogP contribution in [-0.4, -0.2) is 23.0 Å². The summed E-state index contributed by atoms with van der Waals surface area (Å²) in [5.74, 6) is -2.78. The van der Waals surface area contributed by atoms with Crippen LogP contribution in [0.2, 0.25) is 0 Å². The van der Waals surface area contributed by atoms with Gasteiger partial charge in [0.1, 0.15) is 11.9 Å². The molecule has 0 aromatic heterocycles. The molecule has 0 aliphatic carbocycles. The van der Waals surface area contributed by atoms with Gasteiger partial charge in [-0.25, -0.2) is 9.18 Å². The quantitative estimate of drug-likeness (QED) is 0.862. The van der Waals surface area contributed by atoms with E-state index < -0.39 is 23.7 Å². The second-order valence-electron chi connectivity index (χ2n) is 4.52. The Morgan fingerprint density at radius 2 is 1.94 bits per heavy atom. The average molecular weight is 253 g/mol. The highest BCUT2D eigenvalue weighted by atomic mass is 19.1. The summed E-state index contributed by atoms with van der Waals surface area (Å²) in [6.07, 6.45) is 0. The van der Waals surface area contributed by atoms with E-state index in [4.69, 9.17) is 5.11 Å². The molecule has 1 rings (SSSR count). The van der Waals surface area contributed by atoms with Gasteiger partial charge in [0.15, 0.2) is 0 Å². The van der Waals surface area contributed by atoms with Gasteiger partial charge in [-0.3, -0.25) is 4.79 Å². The minimum Gasteiger partial charge on any atom is -0.480 e. The number of nitrogens with one attached hydrogen (secondary N) is 1. The molecule has 98 valence electrons. The normalized spacial score (nSPS) is 12.3. The lowest BCUT2D eigenvalue weighted by atomic mass is 10.0. The second-order valence-corrected chi connectivity index (χ2v) is 4.52. The summed E-state index contributed by atoms with van der Waals surface area (Å²) in [6.45, 7) is 5.07. The lowest BCUT2D eigenvalue weighted by Crippen LogP contribution is -2.44. The number of aryl methyl sites for hydroxylation is 1. The average Bonchev–Trinajstić information content (AvgIpc) is 2.28. The molecule has 0 saturated heterocycles. The molecule has 0 bridgehead atoms. The van der Waals surface area contributed by atoms with Gasteiger partial charge in [0, 0.05) is 0 Å². The van der Waals surface area contributed by atoms with Gasteiger partial charge in [-0.05, 0) is 25.0 Å². The molecule has 0 heterocycles. The first-order valence-corrected chi connectivity index (χ1v) is 5.62. The lowest BCUT2D eigenvalue weighted by molar-refractivity contribution is -0.140. The highest BCUT2D eigenvalue weighted by Crippen LogP contribution is 2.11. The van der Waals surface area contributed by atoms with Crippen LogP contribution >= 0.6 is 0 Å². The Bertz CT molecular complexity index is 471. The molecule has 4 nitrogen and oxygen atoms in total. The molecular formula is C13H16FNO3. The van der Waals surface area contributed by atoms with Gasteiger partial charge < -0.3 is 10.4 Å². The Morgan fingerprint density at radius 3 is 2.44 bits per heavy atom. The molecule has 1 aromatic rings. The number of benzene rings is 1. The fourth-order valence-electron chi connectivity index (χ4n) is 1.55. The summed E-state index contributed by atoms with van der Waals surface area (Å²) in [6, 6.07) is 3.10. The topological polar surface area (TPSA) is 66.4 Å². The number of aliphatic carboxylic acids is 1. The van der Waals surface area contributed by atoms with Crippen molar-refractivity contribution in [3.8, 4) is 0 Å². The Hall–Kier alpha value is -1.91. The van der Waals surface area contributed by atoms with Gasteiger partial charge in [-0.15, -0.1) is 0 Å². The third-order valence-electron chi connectivity index (χ3n) is 2.59. The van der Waals surface area contributed by atoms with Crippen molar-refractivity contribution in [3.05, 3.63) is 35.1 Å². The molecule has 0 spiro atoms. The molecule has 1 unspecified atom stereocenters. The van der Waals surface area contributed by atoms with E-state index in [-0.39, 0.29) is 11.5 Å². The Kier molecular flexibility index (Phi) is 4.42. The van der Waals surface area contributed by atoms with E-state index in [2.05, 4.69) is 5.32 Å². The first-order chi connectivity index (χ1) is 8.32. The van der Waals surface area contributed by atoms with Gasteiger partial charge in [-0.2, -0.15) is 0 Å². The van der Waals surface area contributed by atoms with E-state index in [9.17, 15) is 14.0 Å². The van der Waals surface area contributed by atoms with Crippen LogP contribution in [-0.2, 0) is 4.79 Å². The van der Waals surface area contributed by atoms with Crippen LogP contribution in [0.4, 0.5) is 4.39 Å². The molecular weight excluding hydrogens is 237 g/mol. The van der Waals surface area contributed by atoms with Crippen LogP contribution in [0.5, 0.6) is 0 Å².